The average molecular weight is 272 g/mol. The molecule has 20 heavy (non-hydrogen) atoms. The highest BCUT2D eigenvalue weighted by molar-refractivity contribution is 5.58. The Morgan fingerprint density at radius 3 is 2.55 bits per heavy atom. The summed E-state index contributed by atoms with van der Waals surface area (Å²) in [7, 11) is 0. The van der Waals surface area contributed by atoms with Crippen LogP contribution in [0.3, 0.4) is 0 Å². The van der Waals surface area contributed by atoms with E-state index in [1.54, 1.807) is 0 Å². The highest BCUT2D eigenvalue weighted by Gasteiger charge is 2.27. The van der Waals surface area contributed by atoms with E-state index in [1.165, 1.54) is 0 Å². The molecule has 1 aromatic rings. The Kier molecular flexibility index (Phi) is 4.59. The van der Waals surface area contributed by atoms with Crippen molar-refractivity contribution >= 4 is 5.82 Å². The number of hydrogen-bond donors (Lipinski definition) is 0. The van der Waals surface area contributed by atoms with Gasteiger partial charge in [0.1, 0.15) is 11.6 Å². The third-order valence-corrected chi connectivity index (χ3v) is 4.35. The maximum Gasteiger partial charge on any atom is 0.169 e. The van der Waals surface area contributed by atoms with E-state index in [-0.39, 0.29) is 0 Å². The van der Waals surface area contributed by atoms with Gasteiger partial charge in [-0.2, -0.15) is 10.4 Å². The minimum Gasteiger partial charge on any atom is -0.351 e. The van der Waals surface area contributed by atoms with E-state index < -0.39 is 0 Å². The molecule has 4 heteroatoms. The van der Waals surface area contributed by atoms with E-state index in [2.05, 4.69) is 48.9 Å². The molecular weight excluding hydrogens is 248 g/mol. The van der Waals surface area contributed by atoms with Gasteiger partial charge in [0.25, 0.3) is 0 Å². The van der Waals surface area contributed by atoms with Crippen LogP contribution in [-0.2, 0) is 12.8 Å². The fourth-order valence-corrected chi connectivity index (χ4v) is 3.20. The molecule has 4 nitrogen and oxygen atoms in total. The van der Waals surface area contributed by atoms with Crippen LogP contribution < -0.4 is 4.90 Å². The molecule has 1 aliphatic rings. The zero-order chi connectivity index (χ0) is 14.7. The number of rotatable bonds is 3. The second-order valence-electron chi connectivity index (χ2n) is 5.81. The number of aryl methyl sites for hydroxylation is 1. The summed E-state index contributed by atoms with van der Waals surface area (Å²) in [6.07, 6.45) is 3.99. The predicted octanol–water partition coefficient (Wildman–Crippen LogP) is 3.10. The molecule has 2 unspecified atom stereocenters. The molecule has 1 aliphatic heterocycles. The van der Waals surface area contributed by atoms with Crippen LogP contribution in [-0.4, -0.2) is 22.8 Å². The fraction of sp³-hybridized carbons (Fsp3) is 0.688. The van der Waals surface area contributed by atoms with E-state index in [4.69, 9.17) is 0 Å². The normalized spacial score (nSPS) is 22.6. The molecule has 1 aromatic heterocycles. The first-order valence-corrected chi connectivity index (χ1v) is 7.67. The number of nitrogens with zero attached hydrogens (tertiary/aromatic N) is 4. The lowest BCUT2D eigenvalue weighted by molar-refractivity contribution is 0.375. The molecule has 0 N–H and O–H groups in total. The first-order valence-electron chi connectivity index (χ1n) is 7.67. The number of hydrogen-bond acceptors (Lipinski definition) is 4. The van der Waals surface area contributed by atoms with E-state index in [0.717, 1.165) is 60.8 Å². The maximum atomic E-state index is 9.57. The van der Waals surface area contributed by atoms with E-state index in [0.29, 0.717) is 6.04 Å². The van der Waals surface area contributed by atoms with Gasteiger partial charge in [-0.25, -0.2) is 0 Å². The van der Waals surface area contributed by atoms with Crippen LogP contribution in [0.15, 0.2) is 0 Å². The third kappa shape index (κ3) is 2.63. The van der Waals surface area contributed by atoms with Crippen molar-refractivity contribution in [2.24, 2.45) is 5.92 Å². The predicted molar refractivity (Wildman–Crippen MR) is 80.7 cm³/mol. The third-order valence-electron chi connectivity index (χ3n) is 4.35. The van der Waals surface area contributed by atoms with Gasteiger partial charge in [-0.05, 0) is 44.1 Å². The molecule has 0 saturated carbocycles. The SMILES string of the molecule is CCc1nnc(N2CCC(C)CC2C)c(C#N)c1CC. The van der Waals surface area contributed by atoms with Crippen molar-refractivity contribution in [3.8, 4) is 6.07 Å². The highest BCUT2D eigenvalue weighted by Crippen LogP contribution is 2.30. The summed E-state index contributed by atoms with van der Waals surface area (Å²) >= 11 is 0. The van der Waals surface area contributed by atoms with Gasteiger partial charge in [-0.1, -0.05) is 20.8 Å². The van der Waals surface area contributed by atoms with Gasteiger partial charge in [0.2, 0.25) is 0 Å². The monoisotopic (exact) mass is 272 g/mol. The average Bonchev–Trinajstić information content (AvgIpc) is 2.45. The van der Waals surface area contributed by atoms with Crippen molar-refractivity contribution in [1.29, 1.82) is 5.26 Å². The zero-order valence-corrected chi connectivity index (χ0v) is 13.0. The Hall–Kier alpha value is -1.63. The highest BCUT2D eigenvalue weighted by atomic mass is 15.3. The van der Waals surface area contributed by atoms with Crippen LogP contribution in [0.25, 0.3) is 0 Å². The van der Waals surface area contributed by atoms with Crippen LogP contribution in [0.4, 0.5) is 5.82 Å². The van der Waals surface area contributed by atoms with Crippen LogP contribution in [0.1, 0.15) is 57.4 Å². The molecule has 1 saturated heterocycles. The van der Waals surface area contributed by atoms with Crippen molar-refractivity contribution in [3.05, 3.63) is 16.8 Å². The van der Waals surface area contributed by atoms with Crippen molar-refractivity contribution in [3.63, 3.8) is 0 Å². The Morgan fingerprint density at radius 1 is 1.25 bits per heavy atom. The molecule has 2 heterocycles. The van der Waals surface area contributed by atoms with Crippen LogP contribution in [0.5, 0.6) is 0 Å². The Bertz CT molecular complexity index is 518. The summed E-state index contributed by atoms with van der Waals surface area (Å²) in [5.41, 5.74) is 2.78. The summed E-state index contributed by atoms with van der Waals surface area (Å²) in [4.78, 5) is 2.27. The lowest BCUT2D eigenvalue weighted by atomic mass is 9.92. The quantitative estimate of drug-likeness (QED) is 0.848. The molecule has 2 rings (SSSR count). The zero-order valence-electron chi connectivity index (χ0n) is 13.0. The number of nitriles is 1. The lowest BCUT2D eigenvalue weighted by Crippen LogP contribution is -2.41. The molecule has 0 amide bonds. The maximum absolute atomic E-state index is 9.57. The summed E-state index contributed by atoms with van der Waals surface area (Å²) in [6, 6.07) is 2.80. The molecule has 0 radical (unpaired) electrons. The van der Waals surface area contributed by atoms with E-state index in [9.17, 15) is 5.26 Å². The van der Waals surface area contributed by atoms with Crippen LogP contribution in [0, 0.1) is 17.2 Å². The summed E-state index contributed by atoms with van der Waals surface area (Å²) in [6.45, 7) is 9.64. The Labute approximate surface area is 121 Å². The van der Waals surface area contributed by atoms with Gasteiger partial charge in [-0.3, -0.25) is 0 Å². The van der Waals surface area contributed by atoms with Crippen LogP contribution >= 0.6 is 0 Å². The number of aromatic nitrogens is 2. The van der Waals surface area contributed by atoms with Crippen molar-refractivity contribution in [2.75, 3.05) is 11.4 Å². The van der Waals surface area contributed by atoms with Crippen molar-refractivity contribution in [2.45, 2.75) is 59.4 Å². The van der Waals surface area contributed by atoms with Crippen molar-refractivity contribution in [1.82, 2.24) is 10.2 Å². The smallest absolute Gasteiger partial charge is 0.169 e. The Morgan fingerprint density at radius 2 is 2.00 bits per heavy atom. The van der Waals surface area contributed by atoms with Gasteiger partial charge < -0.3 is 4.90 Å². The summed E-state index contributed by atoms with van der Waals surface area (Å²) in [5.74, 6) is 1.54. The summed E-state index contributed by atoms with van der Waals surface area (Å²) in [5, 5.41) is 18.3. The van der Waals surface area contributed by atoms with E-state index in [1.807, 2.05) is 0 Å². The lowest BCUT2D eigenvalue weighted by Gasteiger charge is -2.37. The second-order valence-corrected chi connectivity index (χ2v) is 5.81. The molecular formula is C16H24N4. The molecule has 0 bridgehead atoms. The first-order chi connectivity index (χ1) is 9.62. The second kappa shape index (κ2) is 6.21. The molecule has 0 aromatic carbocycles. The first kappa shape index (κ1) is 14.8. The largest absolute Gasteiger partial charge is 0.351 e. The molecule has 2 atom stereocenters. The number of anilines is 1. The van der Waals surface area contributed by atoms with Gasteiger partial charge in [0, 0.05) is 12.6 Å². The van der Waals surface area contributed by atoms with Gasteiger partial charge in [-0.15, -0.1) is 5.10 Å². The van der Waals surface area contributed by atoms with E-state index >= 15 is 0 Å². The fourth-order valence-electron chi connectivity index (χ4n) is 3.20. The van der Waals surface area contributed by atoms with Crippen molar-refractivity contribution < 1.29 is 0 Å². The molecule has 0 spiro atoms. The van der Waals surface area contributed by atoms with Crippen LogP contribution in [0.2, 0.25) is 0 Å². The molecule has 0 aliphatic carbocycles. The molecule has 108 valence electrons. The topological polar surface area (TPSA) is 52.8 Å². The van der Waals surface area contributed by atoms with Gasteiger partial charge >= 0.3 is 0 Å². The standard InChI is InChI=1S/C16H24N4/c1-5-13-14(10-17)16(19-18-15(13)6-2)20-8-7-11(3)9-12(20)4/h11-12H,5-9H2,1-4H3. The minimum atomic E-state index is 0.428. The Balaban J connectivity index is 2.44. The minimum absolute atomic E-state index is 0.428. The number of piperidine rings is 1. The summed E-state index contributed by atoms with van der Waals surface area (Å²) < 4.78 is 0. The van der Waals surface area contributed by atoms with Gasteiger partial charge in [0.15, 0.2) is 5.82 Å². The van der Waals surface area contributed by atoms with Gasteiger partial charge in [0.05, 0.1) is 5.69 Å². The molecule has 1 fully saturated rings.